The molecule has 1 atom stereocenters. The quantitative estimate of drug-likeness (QED) is 0.834. The smallest absolute Gasteiger partial charge is 0.150 e. The topological polar surface area (TPSA) is 53.8 Å². The first-order valence-electron chi connectivity index (χ1n) is 5.32. The Bertz CT molecular complexity index is 578. The molecule has 0 aliphatic carbocycles. The molecule has 86 valence electrons. The molecule has 0 N–H and O–H groups in total. The van der Waals surface area contributed by atoms with E-state index in [0.29, 0.717) is 6.42 Å². The van der Waals surface area contributed by atoms with E-state index in [2.05, 4.69) is 11.1 Å². The summed E-state index contributed by atoms with van der Waals surface area (Å²) in [5.41, 5.74) is -0.0372. The first-order valence-corrected chi connectivity index (χ1v) is 6.13. The first kappa shape index (κ1) is 11.7. The molecule has 0 amide bonds. The predicted octanol–water partition coefficient (Wildman–Crippen LogP) is 2.96. The number of thiazole rings is 1. The molecule has 0 saturated carbocycles. The number of carbonyl (C=O) groups is 1. The van der Waals surface area contributed by atoms with E-state index < -0.39 is 5.41 Å². The van der Waals surface area contributed by atoms with E-state index in [4.69, 9.17) is 5.26 Å². The van der Waals surface area contributed by atoms with Crippen LogP contribution >= 0.6 is 11.3 Å². The van der Waals surface area contributed by atoms with Gasteiger partial charge in [-0.25, -0.2) is 4.98 Å². The lowest BCUT2D eigenvalue weighted by Crippen LogP contribution is -2.26. The minimum absolute atomic E-state index is 0.112. The Morgan fingerprint density at radius 2 is 2.24 bits per heavy atom. The highest BCUT2D eigenvalue weighted by molar-refractivity contribution is 7.18. The first-order chi connectivity index (χ1) is 8.05. The van der Waals surface area contributed by atoms with Gasteiger partial charge in [0, 0.05) is 6.42 Å². The Hall–Kier alpha value is -1.73. The molecule has 1 unspecified atom stereocenters. The van der Waals surface area contributed by atoms with Gasteiger partial charge in [0.15, 0.2) is 0 Å². The van der Waals surface area contributed by atoms with Crippen molar-refractivity contribution < 1.29 is 4.79 Å². The largest absolute Gasteiger partial charge is 0.298 e. The monoisotopic (exact) mass is 244 g/mol. The van der Waals surface area contributed by atoms with E-state index in [9.17, 15) is 4.79 Å². The Kier molecular flexibility index (Phi) is 2.95. The van der Waals surface area contributed by atoms with E-state index in [1.807, 2.05) is 24.3 Å². The molecule has 1 heterocycles. The number of hydrogen-bond acceptors (Lipinski definition) is 4. The van der Waals surface area contributed by atoms with Crippen LogP contribution in [0.25, 0.3) is 10.2 Å². The fraction of sp³-hybridized carbons (Fsp3) is 0.308. The highest BCUT2D eigenvalue weighted by atomic mass is 32.1. The van der Waals surface area contributed by atoms with Crippen molar-refractivity contribution in [2.45, 2.75) is 20.3 Å². The van der Waals surface area contributed by atoms with Crippen LogP contribution < -0.4 is 0 Å². The van der Waals surface area contributed by atoms with Crippen LogP contribution in [0, 0.1) is 16.7 Å². The van der Waals surface area contributed by atoms with Crippen LogP contribution in [0.3, 0.4) is 0 Å². The van der Waals surface area contributed by atoms with Crippen LogP contribution in [0.2, 0.25) is 0 Å². The van der Waals surface area contributed by atoms with Gasteiger partial charge in [-0.2, -0.15) is 5.26 Å². The summed E-state index contributed by atoms with van der Waals surface area (Å²) in [7, 11) is 0. The highest BCUT2D eigenvalue weighted by Crippen LogP contribution is 2.28. The molecule has 2 rings (SSSR count). The molecule has 2 aromatic rings. The number of aromatic nitrogens is 1. The number of hydrogen-bond donors (Lipinski definition) is 0. The maximum atomic E-state index is 11.5. The van der Waals surface area contributed by atoms with Gasteiger partial charge in [-0.05, 0) is 26.0 Å². The minimum Gasteiger partial charge on any atom is -0.298 e. The van der Waals surface area contributed by atoms with Crippen molar-refractivity contribution in [3.63, 3.8) is 0 Å². The van der Waals surface area contributed by atoms with E-state index in [1.54, 1.807) is 18.3 Å². The zero-order valence-corrected chi connectivity index (χ0v) is 10.5. The van der Waals surface area contributed by atoms with E-state index in [1.165, 1.54) is 6.92 Å². The average molecular weight is 244 g/mol. The molecular formula is C13H12N2OS. The summed E-state index contributed by atoms with van der Waals surface area (Å²) in [6.07, 6.45) is 0.387. The van der Waals surface area contributed by atoms with Gasteiger partial charge in [-0.1, -0.05) is 12.1 Å². The number of fused-ring (bicyclic) bond motifs is 1. The molecular weight excluding hydrogens is 232 g/mol. The highest BCUT2D eigenvalue weighted by Gasteiger charge is 2.31. The summed E-state index contributed by atoms with van der Waals surface area (Å²) in [6, 6.07) is 9.91. The van der Waals surface area contributed by atoms with Gasteiger partial charge in [0.05, 0.1) is 21.3 Å². The van der Waals surface area contributed by atoms with E-state index >= 15 is 0 Å². The second kappa shape index (κ2) is 4.27. The fourth-order valence-electron chi connectivity index (χ4n) is 1.54. The number of para-hydroxylation sites is 1. The van der Waals surface area contributed by atoms with E-state index in [-0.39, 0.29) is 5.78 Å². The van der Waals surface area contributed by atoms with Crippen LogP contribution in [0.4, 0.5) is 0 Å². The van der Waals surface area contributed by atoms with Gasteiger partial charge in [-0.15, -0.1) is 11.3 Å². The minimum atomic E-state index is -0.964. The molecule has 0 aliphatic rings. The van der Waals surface area contributed by atoms with Crippen LogP contribution in [-0.4, -0.2) is 10.8 Å². The average Bonchev–Trinajstić information content (AvgIpc) is 2.70. The Labute approximate surface area is 104 Å². The zero-order valence-electron chi connectivity index (χ0n) is 9.73. The molecule has 17 heavy (non-hydrogen) atoms. The third-order valence-electron chi connectivity index (χ3n) is 2.87. The summed E-state index contributed by atoms with van der Waals surface area (Å²) >= 11 is 1.54. The zero-order chi connectivity index (χ0) is 12.5. The van der Waals surface area contributed by atoms with Crippen molar-refractivity contribution in [1.29, 1.82) is 5.26 Å². The number of benzene rings is 1. The van der Waals surface area contributed by atoms with Gasteiger partial charge >= 0.3 is 0 Å². The van der Waals surface area contributed by atoms with Crippen LogP contribution in [0.15, 0.2) is 24.3 Å². The van der Waals surface area contributed by atoms with Crippen molar-refractivity contribution in [1.82, 2.24) is 4.98 Å². The van der Waals surface area contributed by atoms with Crippen LogP contribution in [-0.2, 0) is 11.2 Å². The van der Waals surface area contributed by atoms with Crippen molar-refractivity contribution in [3.05, 3.63) is 29.3 Å². The molecule has 0 aliphatic heterocycles. The lowest BCUT2D eigenvalue weighted by molar-refractivity contribution is -0.123. The third-order valence-corrected chi connectivity index (χ3v) is 3.90. The lowest BCUT2D eigenvalue weighted by atomic mass is 9.85. The lowest BCUT2D eigenvalue weighted by Gasteiger charge is -2.15. The molecule has 0 spiro atoms. The molecule has 3 nitrogen and oxygen atoms in total. The molecule has 0 saturated heterocycles. The number of Topliss-reactive ketones (excluding diaryl/α,β-unsaturated/α-hetero) is 1. The standard InChI is InChI=1S/C13H12N2OS/c1-9(16)13(2,8-14)7-12-15-10-5-3-4-6-11(10)17-12/h3-6H,7H2,1-2H3. The van der Waals surface area contributed by atoms with Crippen molar-refractivity contribution in [2.24, 2.45) is 5.41 Å². The SMILES string of the molecule is CC(=O)C(C)(C#N)Cc1nc2ccccc2s1. The van der Waals surface area contributed by atoms with Gasteiger partial charge in [0.1, 0.15) is 11.2 Å². The van der Waals surface area contributed by atoms with Gasteiger partial charge in [0.25, 0.3) is 0 Å². The number of carbonyl (C=O) groups excluding carboxylic acids is 1. The Morgan fingerprint density at radius 3 is 2.82 bits per heavy atom. The van der Waals surface area contributed by atoms with Gasteiger partial charge < -0.3 is 0 Å². The number of ketones is 1. The van der Waals surface area contributed by atoms with E-state index in [0.717, 1.165) is 15.2 Å². The van der Waals surface area contributed by atoms with Gasteiger partial charge in [0.2, 0.25) is 0 Å². The summed E-state index contributed by atoms with van der Waals surface area (Å²) in [6.45, 7) is 3.12. The van der Waals surface area contributed by atoms with Crippen molar-refractivity contribution >= 4 is 27.3 Å². The number of rotatable bonds is 3. The maximum absolute atomic E-state index is 11.5. The Balaban J connectivity index is 2.36. The molecule has 1 aromatic heterocycles. The fourth-order valence-corrected chi connectivity index (χ4v) is 2.66. The van der Waals surface area contributed by atoms with Crippen molar-refractivity contribution in [3.8, 4) is 6.07 Å². The summed E-state index contributed by atoms with van der Waals surface area (Å²) in [5, 5.41) is 9.94. The molecule has 4 heteroatoms. The molecule has 0 radical (unpaired) electrons. The van der Waals surface area contributed by atoms with Crippen LogP contribution in [0.1, 0.15) is 18.9 Å². The number of nitrogens with zero attached hydrogens (tertiary/aromatic N) is 2. The second-order valence-electron chi connectivity index (χ2n) is 4.25. The normalized spacial score (nSPS) is 14.2. The van der Waals surface area contributed by atoms with Crippen LogP contribution in [0.5, 0.6) is 0 Å². The molecule has 1 aromatic carbocycles. The Morgan fingerprint density at radius 1 is 1.53 bits per heavy atom. The molecule has 0 fully saturated rings. The van der Waals surface area contributed by atoms with Crippen molar-refractivity contribution in [2.75, 3.05) is 0 Å². The summed E-state index contributed by atoms with van der Waals surface area (Å²) < 4.78 is 1.09. The summed E-state index contributed by atoms with van der Waals surface area (Å²) in [5.74, 6) is -0.112. The second-order valence-corrected chi connectivity index (χ2v) is 5.37. The number of nitriles is 1. The van der Waals surface area contributed by atoms with Gasteiger partial charge in [-0.3, -0.25) is 4.79 Å². The predicted molar refractivity (Wildman–Crippen MR) is 67.7 cm³/mol. The summed E-state index contributed by atoms with van der Waals surface area (Å²) in [4.78, 5) is 15.9. The maximum Gasteiger partial charge on any atom is 0.150 e. The third kappa shape index (κ3) is 2.20. The molecule has 0 bridgehead atoms.